The molecule has 0 fully saturated rings. The second-order valence-electron chi connectivity index (χ2n) is 7.95. The van der Waals surface area contributed by atoms with Gasteiger partial charge < -0.3 is 18.6 Å². The third-order valence-corrected chi connectivity index (χ3v) is 5.58. The quantitative estimate of drug-likeness (QED) is 0.378. The molecule has 1 aliphatic rings. The average Bonchev–Trinajstić information content (AvgIpc) is 3.56. The highest BCUT2D eigenvalue weighted by molar-refractivity contribution is 5.94. The Bertz CT molecular complexity index is 959. The van der Waals surface area contributed by atoms with Gasteiger partial charge in [-0.2, -0.15) is 0 Å². The molecule has 0 aliphatic carbocycles. The van der Waals surface area contributed by atoms with Crippen molar-refractivity contribution in [2.24, 2.45) is 4.99 Å². The van der Waals surface area contributed by atoms with Crippen LogP contribution in [0.2, 0.25) is 0 Å². The maximum absolute atomic E-state index is 5.86. The van der Waals surface area contributed by atoms with E-state index in [1.165, 1.54) is 24.8 Å². The van der Waals surface area contributed by atoms with Gasteiger partial charge in [-0.3, -0.25) is 0 Å². The topological polar surface area (TPSA) is 61.8 Å². The van der Waals surface area contributed by atoms with E-state index >= 15 is 0 Å². The minimum atomic E-state index is 0.681. The summed E-state index contributed by atoms with van der Waals surface area (Å²) >= 11 is 0. The van der Waals surface area contributed by atoms with E-state index in [-0.39, 0.29) is 0 Å². The summed E-state index contributed by atoms with van der Waals surface area (Å²) in [6.45, 7) is 5.04. The lowest BCUT2D eigenvalue weighted by Gasteiger charge is -2.07. The SMILES string of the molecule is Cc1noc(CCCCCCCOc2ccc(C3=NCCO3)cc2)c1Cn1cccc1. The van der Waals surface area contributed by atoms with Gasteiger partial charge in [-0.05, 0) is 56.2 Å². The van der Waals surface area contributed by atoms with Crippen molar-refractivity contribution < 1.29 is 14.0 Å². The van der Waals surface area contributed by atoms with E-state index in [1.807, 2.05) is 43.3 Å². The number of ether oxygens (including phenoxy) is 2. The summed E-state index contributed by atoms with van der Waals surface area (Å²) in [6, 6.07) is 12.1. The zero-order valence-electron chi connectivity index (χ0n) is 18.3. The number of aryl methyl sites for hydroxylation is 2. The first-order valence-electron chi connectivity index (χ1n) is 11.2. The fraction of sp³-hybridized carbons (Fsp3) is 0.440. The number of aromatic nitrogens is 2. The lowest BCUT2D eigenvalue weighted by molar-refractivity contribution is 0.304. The summed E-state index contributed by atoms with van der Waals surface area (Å²) in [5.74, 6) is 2.68. The molecule has 31 heavy (non-hydrogen) atoms. The van der Waals surface area contributed by atoms with E-state index in [4.69, 9.17) is 14.0 Å². The molecule has 0 saturated carbocycles. The molecule has 6 heteroatoms. The molecule has 1 aromatic carbocycles. The molecule has 0 saturated heterocycles. The third kappa shape index (κ3) is 6.00. The molecule has 0 spiro atoms. The van der Waals surface area contributed by atoms with Crippen molar-refractivity contribution >= 4 is 5.90 Å². The fourth-order valence-electron chi connectivity index (χ4n) is 3.80. The molecule has 0 bridgehead atoms. The Morgan fingerprint density at radius 3 is 2.55 bits per heavy atom. The first-order chi connectivity index (χ1) is 15.3. The molecular formula is C25H31N3O3. The number of hydrogen-bond donors (Lipinski definition) is 0. The Labute approximate surface area is 183 Å². The largest absolute Gasteiger partial charge is 0.494 e. The van der Waals surface area contributed by atoms with Gasteiger partial charge in [-0.15, -0.1) is 0 Å². The second kappa shape index (κ2) is 10.8. The van der Waals surface area contributed by atoms with Crippen LogP contribution in [-0.4, -0.2) is 35.4 Å². The molecular weight excluding hydrogens is 390 g/mol. The molecule has 2 aromatic heterocycles. The minimum absolute atomic E-state index is 0.681. The number of nitrogens with zero attached hydrogens (tertiary/aromatic N) is 3. The monoisotopic (exact) mass is 421 g/mol. The van der Waals surface area contributed by atoms with Crippen LogP contribution < -0.4 is 4.74 Å². The normalized spacial score (nSPS) is 13.3. The maximum atomic E-state index is 5.86. The second-order valence-corrected chi connectivity index (χ2v) is 7.95. The van der Waals surface area contributed by atoms with Gasteiger partial charge in [0.2, 0.25) is 5.90 Å². The highest BCUT2D eigenvalue weighted by Crippen LogP contribution is 2.19. The Kier molecular flexibility index (Phi) is 7.42. The van der Waals surface area contributed by atoms with Gasteiger partial charge in [-0.1, -0.05) is 24.4 Å². The molecule has 0 amide bonds. The van der Waals surface area contributed by atoms with Crippen LogP contribution >= 0.6 is 0 Å². The lowest BCUT2D eigenvalue weighted by atomic mass is 10.1. The molecule has 3 heterocycles. The molecule has 0 N–H and O–H groups in total. The molecule has 0 radical (unpaired) electrons. The summed E-state index contributed by atoms with van der Waals surface area (Å²) < 4.78 is 19.1. The van der Waals surface area contributed by atoms with E-state index in [0.717, 1.165) is 67.6 Å². The third-order valence-electron chi connectivity index (χ3n) is 5.58. The van der Waals surface area contributed by atoms with Gasteiger partial charge in [0.25, 0.3) is 0 Å². The zero-order chi connectivity index (χ0) is 21.3. The van der Waals surface area contributed by atoms with Gasteiger partial charge in [0.15, 0.2) is 0 Å². The molecule has 6 nitrogen and oxygen atoms in total. The highest BCUT2D eigenvalue weighted by atomic mass is 16.5. The van der Waals surface area contributed by atoms with Gasteiger partial charge in [-0.25, -0.2) is 4.99 Å². The number of unbranched alkanes of at least 4 members (excludes halogenated alkanes) is 4. The van der Waals surface area contributed by atoms with Crippen LogP contribution in [0.15, 0.2) is 58.3 Å². The number of rotatable bonds is 12. The van der Waals surface area contributed by atoms with E-state index in [1.54, 1.807) is 0 Å². The van der Waals surface area contributed by atoms with Crippen molar-refractivity contribution in [3.63, 3.8) is 0 Å². The van der Waals surface area contributed by atoms with E-state index < -0.39 is 0 Å². The van der Waals surface area contributed by atoms with Crippen LogP contribution in [0.4, 0.5) is 0 Å². The molecule has 164 valence electrons. The molecule has 4 rings (SSSR count). The Morgan fingerprint density at radius 2 is 1.77 bits per heavy atom. The number of hydrogen-bond acceptors (Lipinski definition) is 5. The Hall–Kier alpha value is -3.02. The van der Waals surface area contributed by atoms with Crippen LogP contribution in [0.5, 0.6) is 5.75 Å². The summed E-state index contributed by atoms with van der Waals surface area (Å²) in [5.41, 5.74) is 3.24. The van der Waals surface area contributed by atoms with Crippen molar-refractivity contribution in [3.05, 3.63) is 71.4 Å². The van der Waals surface area contributed by atoms with Crippen LogP contribution in [0.25, 0.3) is 0 Å². The summed E-state index contributed by atoms with van der Waals surface area (Å²) in [7, 11) is 0. The van der Waals surface area contributed by atoms with Crippen LogP contribution in [0, 0.1) is 6.92 Å². The van der Waals surface area contributed by atoms with E-state index in [0.29, 0.717) is 6.61 Å². The predicted octanol–water partition coefficient (Wildman–Crippen LogP) is 5.18. The van der Waals surface area contributed by atoms with E-state index in [2.05, 4.69) is 27.1 Å². The van der Waals surface area contributed by atoms with Gasteiger partial charge in [0.05, 0.1) is 25.4 Å². The van der Waals surface area contributed by atoms with E-state index in [9.17, 15) is 0 Å². The summed E-state index contributed by atoms with van der Waals surface area (Å²) in [4.78, 5) is 4.33. The average molecular weight is 422 g/mol. The van der Waals surface area contributed by atoms with Gasteiger partial charge >= 0.3 is 0 Å². The Balaban J connectivity index is 1.09. The zero-order valence-corrected chi connectivity index (χ0v) is 18.3. The molecule has 3 aromatic rings. The summed E-state index contributed by atoms with van der Waals surface area (Å²) in [5, 5.41) is 4.17. The van der Waals surface area contributed by atoms with Crippen LogP contribution in [0.3, 0.4) is 0 Å². The smallest absolute Gasteiger partial charge is 0.216 e. The Morgan fingerprint density at radius 1 is 1.00 bits per heavy atom. The lowest BCUT2D eigenvalue weighted by Crippen LogP contribution is -2.02. The molecule has 0 unspecified atom stereocenters. The van der Waals surface area contributed by atoms with Crippen molar-refractivity contribution in [1.29, 1.82) is 0 Å². The van der Waals surface area contributed by atoms with Crippen LogP contribution in [0.1, 0.15) is 54.7 Å². The first kappa shape index (κ1) is 21.2. The molecule has 1 aliphatic heterocycles. The minimum Gasteiger partial charge on any atom is -0.494 e. The first-order valence-corrected chi connectivity index (χ1v) is 11.2. The maximum Gasteiger partial charge on any atom is 0.216 e. The van der Waals surface area contributed by atoms with Crippen molar-refractivity contribution in [2.45, 2.75) is 52.0 Å². The van der Waals surface area contributed by atoms with Crippen molar-refractivity contribution in [1.82, 2.24) is 9.72 Å². The number of aliphatic imine (C=N–C) groups is 1. The van der Waals surface area contributed by atoms with Crippen molar-refractivity contribution in [3.8, 4) is 5.75 Å². The summed E-state index contributed by atoms with van der Waals surface area (Å²) in [6.07, 6.45) is 10.9. The standard InChI is InChI=1S/C25H31N3O3/c1-20-23(19-28-15-6-7-16-28)24(31-27-20)9-5-3-2-4-8-17-29-22-12-10-21(11-13-22)25-26-14-18-30-25/h6-7,10-13,15-16H,2-5,8-9,14,17-19H2,1H3. The van der Waals surface area contributed by atoms with Gasteiger partial charge in [0.1, 0.15) is 18.1 Å². The van der Waals surface area contributed by atoms with Crippen molar-refractivity contribution in [2.75, 3.05) is 19.8 Å². The predicted molar refractivity (Wildman–Crippen MR) is 121 cm³/mol. The van der Waals surface area contributed by atoms with Crippen LogP contribution in [-0.2, 0) is 17.7 Å². The number of benzene rings is 1. The molecule has 0 atom stereocenters. The fourth-order valence-corrected chi connectivity index (χ4v) is 3.80. The van der Waals surface area contributed by atoms with Gasteiger partial charge in [0, 0.05) is 29.9 Å². The highest BCUT2D eigenvalue weighted by Gasteiger charge is 2.13.